The first kappa shape index (κ1) is 18.8. The summed E-state index contributed by atoms with van der Waals surface area (Å²) in [4.78, 5) is 38.3. The van der Waals surface area contributed by atoms with Crippen molar-refractivity contribution in [2.24, 2.45) is 5.73 Å². The SMILES string of the molecule is Cc1cc2c(cc1C)[n+](CC(N)=O)cn2C1CC(=O)N(c2ccc(F)cc2)C1=O. The molecule has 2 heterocycles. The number of benzene rings is 2. The summed E-state index contributed by atoms with van der Waals surface area (Å²) in [7, 11) is 0. The summed E-state index contributed by atoms with van der Waals surface area (Å²) in [6, 6.07) is 8.34. The normalized spacial score (nSPS) is 16.8. The first-order valence-electron chi connectivity index (χ1n) is 9.18. The maximum atomic E-state index is 13.2. The maximum absolute atomic E-state index is 13.2. The fraction of sp³-hybridized carbons (Fsp3) is 0.238. The number of hydrogen-bond acceptors (Lipinski definition) is 3. The molecule has 3 aromatic rings. The zero-order valence-electron chi connectivity index (χ0n) is 16.1. The van der Waals surface area contributed by atoms with Gasteiger partial charge in [0.05, 0.1) is 12.1 Å². The number of nitrogens with two attached hydrogens (primary N) is 1. The van der Waals surface area contributed by atoms with Gasteiger partial charge in [0.2, 0.25) is 12.2 Å². The summed E-state index contributed by atoms with van der Waals surface area (Å²) in [6.07, 6.45) is 1.63. The number of aromatic nitrogens is 2. The second kappa shape index (κ2) is 6.80. The van der Waals surface area contributed by atoms with Gasteiger partial charge in [-0.1, -0.05) is 0 Å². The summed E-state index contributed by atoms with van der Waals surface area (Å²) in [5.74, 6) is -1.71. The monoisotopic (exact) mass is 395 g/mol. The number of primary amides is 1. The predicted octanol–water partition coefficient (Wildman–Crippen LogP) is 1.67. The van der Waals surface area contributed by atoms with Gasteiger partial charge < -0.3 is 5.73 Å². The van der Waals surface area contributed by atoms with E-state index in [1.165, 1.54) is 24.3 Å². The standard InChI is InChI=1S/C21H19FN4O3/c1-12-7-16-17(8-13(12)2)25(11-24(16)10-19(23)27)18-9-20(28)26(21(18)29)15-5-3-14(22)4-6-15/h3-8,11,18H,9-10H2,1-2H3,(H-,23,27)/p+1. The molecule has 1 aromatic heterocycles. The Bertz CT molecular complexity index is 1170. The number of anilines is 1. The number of fused-ring (bicyclic) bond motifs is 1. The second-order valence-electron chi connectivity index (χ2n) is 7.31. The highest BCUT2D eigenvalue weighted by atomic mass is 19.1. The molecule has 1 atom stereocenters. The van der Waals surface area contributed by atoms with Gasteiger partial charge in [-0.3, -0.25) is 14.4 Å². The van der Waals surface area contributed by atoms with Crippen LogP contribution in [0.1, 0.15) is 23.6 Å². The van der Waals surface area contributed by atoms with Crippen LogP contribution < -0.4 is 15.2 Å². The number of carbonyl (C=O) groups is 3. The van der Waals surface area contributed by atoms with E-state index in [0.717, 1.165) is 27.1 Å². The van der Waals surface area contributed by atoms with Crippen molar-refractivity contribution in [2.75, 3.05) is 4.90 Å². The molecule has 2 N–H and O–H groups in total. The average molecular weight is 395 g/mol. The summed E-state index contributed by atoms with van der Waals surface area (Å²) in [5, 5.41) is 0. The van der Waals surface area contributed by atoms with Gasteiger partial charge in [-0.05, 0) is 61.4 Å². The van der Waals surface area contributed by atoms with Crippen LogP contribution in [-0.4, -0.2) is 22.3 Å². The lowest BCUT2D eigenvalue weighted by molar-refractivity contribution is -0.659. The molecule has 1 aliphatic rings. The van der Waals surface area contributed by atoms with Crippen LogP contribution in [0.5, 0.6) is 0 Å². The molecular weight excluding hydrogens is 375 g/mol. The third-order valence-corrected chi connectivity index (χ3v) is 5.31. The molecule has 0 spiro atoms. The van der Waals surface area contributed by atoms with Crippen molar-refractivity contribution in [2.45, 2.75) is 32.9 Å². The zero-order chi connectivity index (χ0) is 20.9. The molecule has 0 radical (unpaired) electrons. The lowest BCUT2D eigenvalue weighted by Crippen LogP contribution is -2.40. The van der Waals surface area contributed by atoms with Crippen LogP contribution in [0.15, 0.2) is 42.7 Å². The van der Waals surface area contributed by atoms with Gasteiger partial charge in [-0.15, -0.1) is 0 Å². The smallest absolute Gasteiger partial charge is 0.279 e. The minimum atomic E-state index is -0.758. The van der Waals surface area contributed by atoms with E-state index in [1.54, 1.807) is 15.5 Å². The summed E-state index contributed by atoms with van der Waals surface area (Å²) in [5.41, 5.74) is 9.26. The number of halogens is 1. The van der Waals surface area contributed by atoms with Crippen molar-refractivity contribution in [1.29, 1.82) is 0 Å². The number of aryl methyl sites for hydroxylation is 2. The molecule has 2 aromatic carbocycles. The Labute approximate surface area is 166 Å². The number of nitrogens with zero attached hydrogens (tertiary/aromatic N) is 3. The number of amides is 3. The van der Waals surface area contributed by atoms with E-state index in [0.29, 0.717) is 5.69 Å². The minimum Gasteiger partial charge on any atom is -0.366 e. The highest BCUT2D eigenvalue weighted by Crippen LogP contribution is 2.32. The van der Waals surface area contributed by atoms with Crippen LogP contribution in [-0.2, 0) is 20.9 Å². The molecule has 7 nitrogen and oxygen atoms in total. The molecule has 8 heteroatoms. The van der Waals surface area contributed by atoms with E-state index in [-0.39, 0.29) is 18.9 Å². The van der Waals surface area contributed by atoms with E-state index in [4.69, 9.17) is 5.73 Å². The largest absolute Gasteiger partial charge is 0.366 e. The third kappa shape index (κ3) is 3.16. The summed E-state index contributed by atoms with van der Waals surface area (Å²) >= 11 is 0. The van der Waals surface area contributed by atoms with E-state index in [2.05, 4.69) is 0 Å². The molecular formula is C21H20FN4O3+. The van der Waals surface area contributed by atoms with Crippen LogP contribution >= 0.6 is 0 Å². The topological polar surface area (TPSA) is 89.3 Å². The van der Waals surface area contributed by atoms with Gasteiger partial charge in [0.15, 0.2) is 23.6 Å². The molecule has 1 fully saturated rings. The van der Waals surface area contributed by atoms with Crippen molar-refractivity contribution in [3.63, 3.8) is 0 Å². The second-order valence-corrected chi connectivity index (χ2v) is 7.31. The van der Waals surface area contributed by atoms with Crippen LogP contribution in [0.4, 0.5) is 10.1 Å². The molecule has 1 saturated heterocycles. The quantitative estimate of drug-likeness (QED) is 0.538. The predicted molar refractivity (Wildman–Crippen MR) is 103 cm³/mol. The average Bonchev–Trinajstić information content (AvgIpc) is 3.13. The van der Waals surface area contributed by atoms with E-state index < -0.39 is 23.7 Å². The van der Waals surface area contributed by atoms with Gasteiger partial charge in [0.25, 0.3) is 11.8 Å². The maximum Gasteiger partial charge on any atom is 0.279 e. The number of carbonyl (C=O) groups excluding carboxylic acids is 3. The van der Waals surface area contributed by atoms with Gasteiger partial charge in [-0.2, -0.15) is 0 Å². The van der Waals surface area contributed by atoms with E-state index in [1.807, 2.05) is 26.0 Å². The molecule has 1 aliphatic heterocycles. The molecule has 0 saturated carbocycles. The molecule has 0 aliphatic carbocycles. The Morgan fingerprint density at radius 3 is 2.48 bits per heavy atom. The van der Waals surface area contributed by atoms with Gasteiger partial charge in [-0.25, -0.2) is 18.4 Å². The molecule has 1 unspecified atom stereocenters. The fourth-order valence-electron chi connectivity index (χ4n) is 3.73. The minimum absolute atomic E-state index is 0.0243. The van der Waals surface area contributed by atoms with Crippen molar-refractivity contribution in [1.82, 2.24) is 4.57 Å². The first-order chi connectivity index (χ1) is 13.8. The van der Waals surface area contributed by atoms with Crippen molar-refractivity contribution < 1.29 is 23.3 Å². The Balaban J connectivity index is 1.81. The van der Waals surface area contributed by atoms with Crippen LogP contribution in [0.2, 0.25) is 0 Å². The number of rotatable bonds is 4. The van der Waals surface area contributed by atoms with Crippen molar-refractivity contribution in [3.05, 3.63) is 59.7 Å². The van der Waals surface area contributed by atoms with Gasteiger partial charge in [0, 0.05) is 0 Å². The Morgan fingerprint density at radius 1 is 1.17 bits per heavy atom. The lowest BCUT2D eigenvalue weighted by atomic mass is 10.1. The molecule has 0 bridgehead atoms. The number of hydrogen-bond donors (Lipinski definition) is 1. The third-order valence-electron chi connectivity index (χ3n) is 5.31. The summed E-state index contributed by atoms with van der Waals surface area (Å²) < 4.78 is 16.6. The van der Waals surface area contributed by atoms with Gasteiger partial charge in [0.1, 0.15) is 5.82 Å². The number of imide groups is 1. The lowest BCUT2D eigenvalue weighted by Gasteiger charge is -2.14. The Kier molecular flexibility index (Phi) is 4.41. The molecule has 4 rings (SSSR count). The molecule has 29 heavy (non-hydrogen) atoms. The fourth-order valence-corrected chi connectivity index (χ4v) is 3.73. The van der Waals surface area contributed by atoms with Crippen LogP contribution in [0.25, 0.3) is 11.0 Å². The van der Waals surface area contributed by atoms with Crippen molar-refractivity contribution in [3.8, 4) is 0 Å². The zero-order valence-corrected chi connectivity index (χ0v) is 16.1. The highest BCUT2D eigenvalue weighted by molar-refractivity contribution is 6.21. The summed E-state index contributed by atoms with van der Waals surface area (Å²) in [6.45, 7) is 3.88. The van der Waals surface area contributed by atoms with Crippen molar-refractivity contribution >= 4 is 34.4 Å². The van der Waals surface area contributed by atoms with Crippen LogP contribution in [0.3, 0.4) is 0 Å². The van der Waals surface area contributed by atoms with Gasteiger partial charge >= 0.3 is 0 Å². The molecule has 3 amide bonds. The van der Waals surface area contributed by atoms with E-state index in [9.17, 15) is 18.8 Å². The van der Waals surface area contributed by atoms with E-state index >= 15 is 0 Å². The highest BCUT2D eigenvalue weighted by Gasteiger charge is 2.44. The van der Waals surface area contributed by atoms with Crippen LogP contribution in [0, 0.1) is 19.7 Å². The number of imidazole rings is 1. The first-order valence-corrected chi connectivity index (χ1v) is 9.18. The Morgan fingerprint density at radius 2 is 1.83 bits per heavy atom. The molecule has 148 valence electrons. The Hall–Kier alpha value is -3.55.